The van der Waals surface area contributed by atoms with Crippen molar-refractivity contribution in [1.29, 1.82) is 0 Å². The number of amides is 2. The number of carbonyl (C=O) groups is 3. The van der Waals surface area contributed by atoms with E-state index in [-0.39, 0.29) is 37.5 Å². The molecule has 0 fully saturated rings. The molecular formula is C16H22N4O5. The Hall–Kier alpha value is -3.10. The third-order valence-corrected chi connectivity index (χ3v) is 3.23. The molecule has 9 heteroatoms. The predicted molar refractivity (Wildman–Crippen MR) is 91.0 cm³/mol. The molecule has 0 saturated carbocycles. The molecule has 0 saturated heterocycles. The second kappa shape index (κ2) is 9.91. The molecule has 0 radical (unpaired) electrons. The van der Waals surface area contributed by atoms with Gasteiger partial charge in [0.15, 0.2) is 5.96 Å². The van der Waals surface area contributed by atoms with E-state index in [0.29, 0.717) is 4.90 Å². The van der Waals surface area contributed by atoms with E-state index in [2.05, 4.69) is 4.99 Å². The Labute approximate surface area is 145 Å². The predicted octanol–water partition coefficient (Wildman–Crippen LogP) is 0.792. The number of carbonyl (C=O) groups excluding carboxylic acids is 2. The van der Waals surface area contributed by atoms with Crippen molar-refractivity contribution in [2.75, 3.05) is 13.2 Å². The number of nitrogens with zero attached hydrogens (tertiary/aromatic N) is 2. The Morgan fingerprint density at radius 1 is 1.24 bits per heavy atom. The van der Waals surface area contributed by atoms with Gasteiger partial charge < -0.3 is 21.3 Å². The maximum Gasteiger partial charge on any atom is 0.417 e. The summed E-state index contributed by atoms with van der Waals surface area (Å²) in [5, 5.41) is 9.48. The second-order valence-corrected chi connectivity index (χ2v) is 5.04. The number of aliphatic imine (C=N–C) groups is 1. The van der Waals surface area contributed by atoms with Gasteiger partial charge in [-0.15, -0.1) is 0 Å². The highest BCUT2D eigenvalue weighted by molar-refractivity contribution is 6.05. The van der Waals surface area contributed by atoms with Crippen LogP contribution in [-0.2, 0) is 9.53 Å². The summed E-state index contributed by atoms with van der Waals surface area (Å²) in [5.41, 5.74) is 10.6. The van der Waals surface area contributed by atoms with E-state index in [1.54, 1.807) is 25.1 Å². The molecule has 0 aromatic heterocycles. The van der Waals surface area contributed by atoms with Gasteiger partial charge in [0.2, 0.25) is 0 Å². The maximum atomic E-state index is 12.6. The summed E-state index contributed by atoms with van der Waals surface area (Å²) in [4.78, 5) is 40.8. The van der Waals surface area contributed by atoms with E-state index in [1.807, 2.05) is 0 Å². The van der Waals surface area contributed by atoms with Crippen molar-refractivity contribution in [1.82, 2.24) is 4.90 Å². The van der Waals surface area contributed by atoms with E-state index in [9.17, 15) is 19.5 Å². The lowest BCUT2D eigenvalue weighted by molar-refractivity contribution is -0.142. The van der Waals surface area contributed by atoms with Crippen molar-refractivity contribution in [3.63, 3.8) is 0 Å². The van der Waals surface area contributed by atoms with Crippen molar-refractivity contribution in [3.8, 4) is 0 Å². The number of benzene rings is 1. The van der Waals surface area contributed by atoms with E-state index in [1.165, 1.54) is 12.1 Å². The van der Waals surface area contributed by atoms with E-state index in [0.717, 1.165) is 0 Å². The Kier molecular flexibility index (Phi) is 7.91. The Bertz CT molecular complexity index is 629. The molecule has 136 valence electrons. The fourth-order valence-corrected chi connectivity index (χ4v) is 2.12. The zero-order valence-corrected chi connectivity index (χ0v) is 13.9. The normalized spacial score (nSPS) is 11.2. The van der Waals surface area contributed by atoms with Gasteiger partial charge in [0.05, 0.1) is 6.61 Å². The smallest absolute Gasteiger partial charge is 0.417 e. The number of nitrogens with two attached hydrogens (primary N) is 2. The van der Waals surface area contributed by atoms with Crippen LogP contribution < -0.4 is 11.5 Å². The number of carboxylic acid groups (broad SMARTS) is 1. The van der Waals surface area contributed by atoms with Crippen molar-refractivity contribution in [3.05, 3.63) is 35.9 Å². The first-order valence-electron chi connectivity index (χ1n) is 7.72. The molecule has 0 unspecified atom stereocenters. The van der Waals surface area contributed by atoms with Crippen LogP contribution >= 0.6 is 0 Å². The average Bonchev–Trinajstić information content (AvgIpc) is 2.57. The van der Waals surface area contributed by atoms with Crippen LogP contribution in [0.15, 0.2) is 35.3 Å². The highest BCUT2D eigenvalue weighted by Gasteiger charge is 2.36. The Morgan fingerprint density at radius 3 is 2.40 bits per heavy atom. The number of hydrogen-bond donors (Lipinski definition) is 3. The summed E-state index contributed by atoms with van der Waals surface area (Å²) in [5.74, 6) is -2.18. The van der Waals surface area contributed by atoms with Crippen molar-refractivity contribution in [2.45, 2.75) is 25.8 Å². The van der Waals surface area contributed by atoms with E-state index >= 15 is 0 Å². The number of guanidine groups is 1. The molecule has 1 rings (SSSR count). The highest BCUT2D eigenvalue weighted by atomic mass is 16.6. The van der Waals surface area contributed by atoms with Crippen LogP contribution in [-0.4, -0.2) is 53.1 Å². The second-order valence-electron chi connectivity index (χ2n) is 5.04. The first kappa shape index (κ1) is 19.9. The highest BCUT2D eigenvalue weighted by Crippen LogP contribution is 2.15. The average molecular weight is 350 g/mol. The molecule has 2 amide bonds. The van der Waals surface area contributed by atoms with Crippen molar-refractivity contribution >= 4 is 23.9 Å². The third kappa shape index (κ3) is 6.13. The zero-order chi connectivity index (χ0) is 18.8. The molecule has 1 aromatic rings. The summed E-state index contributed by atoms with van der Waals surface area (Å²) in [7, 11) is 0. The molecular weight excluding hydrogens is 328 g/mol. The molecule has 0 bridgehead atoms. The third-order valence-electron chi connectivity index (χ3n) is 3.23. The summed E-state index contributed by atoms with van der Waals surface area (Å²) in [6, 6.07) is 6.53. The summed E-state index contributed by atoms with van der Waals surface area (Å²) >= 11 is 0. The van der Waals surface area contributed by atoms with Crippen LogP contribution in [0.5, 0.6) is 0 Å². The SMILES string of the molecule is CCOC(=O)N(C(=O)c1ccccc1)[C@@H](CCCN=C(N)N)C(=O)O. The van der Waals surface area contributed by atoms with Gasteiger partial charge in [0.25, 0.3) is 5.91 Å². The molecule has 0 aliphatic heterocycles. The topological polar surface area (TPSA) is 148 Å². The molecule has 0 spiro atoms. The number of carboxylic acids is 1. The number of hydrogen-bond acceptors (Lipinski definition) is 5. The fourth-order valence-electron chi connectivity index (χ4n) is 2.12. The van der Waals surface area contributed by atoms with Gasteiger partial charge in [-0.05, 0) is 31.9 Å². The molecule has 0 aliphatic rings. The van der Waals surface area contributed by atoms with Crippen LogP contribution in [0.1, 0.15) is 30.1 Å². The Balaban J connectivity index is 3.04. The number of ether oxygens (including phenoxy) is 1. The molecule has 1 atom stereocenters. The van der Waals surface area contributed by atoms with Gasteiger partial charge in [-0.2, -0.15) is 0 Å². The lowest BCUT2D eigenvalue weighted by Gasteiger charge is -2.26. The van der Waals surface area contributed by atoms with Gasteiger partial charge in [-0.1, -0.05) is 18.2 Å². The van der Waals surface area contributed by atoms with Crippen LogP contribution in [0.4, 0.5) is 4.79 Å². The number of rotatable bonds is 8. The molecule has 1 aromatic carbocycles. The van der Waals surface area contributed by atoms with Gasteiger partial charge in [0, 0.05) is 12.1 Å². The summed E-state index contributed by atoms with van der Waals surface area (Å²) in [6.07, 6.45) is -0.748. The largest absolute Gasteiger partial charge is 0.480 e. The zero-order valence-electron chi connectivity index (χ0n) is 13.9. The molecule has 0 heterocycles. The van der Waals surface area contributed by atoms with Gasteiger partial charge in [-0.3, -0.25) is 9.79 Å². The number of imide groups is 1. The first-order chi connectivity index (χ1) is 11.9. The lowest BCUT2D eigenvalue weighted by atomic mass is 10.1. The minimum absolute atomic E-state index is 0.0104. The quantitative estimate of drug-likeness (QED) is 0.356. The molecule has 9 nitrogen and oxygen atoms in total. The fraction of sp³-hybridized carbons (Fsp3) is 0.375. The van der Waals surface area contributed by atoms with Crippen molar-refractivity contribution < 1.29 is 24.2 Å². The number of aliphatic carboxylic acids is 1. The van der Waals surface area contributed by atoms with Gasteiger partial charge >= 0.3 is 12.1 Å². The van der Waals surface area contributed by atoms with Crippen LogP contribution in [0, 0.1) is 0 Å². The van der Waals surface area contributed by atoms with Crippen LogP contribution in [0.25, 0.3) is 0 Å². The molecule has 25 heavy (non-hydrogen) atoms. The summed E-state index contributed by atoms with van der Waals surface area (Å²) in [6.45, 7) is 1.76. The van der Waals surface area contributed by atoms with Gasteiger partial charge in [-0.25, -0.2) is 14.5 Å². The standard InChI is InChI=1S/C16H22N4O5/c1-2-25-16(24)20(13(21)11-7-4-3-5-8-11)12(14(22)23)9-6-10-19-15(17)18/h3-5,7-8,12H,2,6,9-10H2,1H3,(H,22,23)(H4,17,18,19)/t12-/m0/s1. The maximum absolute atomic E-state index is 12.6. The first-order valence-corrected chi connectivity index (χ1v) is 7.72. The van der Waals surface area contributed by atoms with Crippen molar-refractivity contribution in [2.24, 2.45) is 16.5 Å². The van der Waals surface area contributed by atoms with Crippen LogP contribution in [0.2, 0.25) is 0 Å². The van der Waals surface area contributed by atoms with Crippen LogP contribution in [0.3, 0.4) is 0 Å². The minimum atomic E-state index is -1.39. The monoisotopic (exact) mass is 350 g/mol. The molecule has 5 N–H and O–H groups in total. The van der Waals surface area contributed by atoms with E-state index in [4.69, 9.17) is 16.2 Å². The lowest BCUT2D eigenvalue weighted by Crippen LogP contribution is -2.49. The summed E-state index contributed by atoms with van der Waals surface area (Å²) < 4.78 is 4.86. The Morgan fingerprint density at radius 2 is 1.88 bits per heavy atom. The minimum Gasteiger partial charge on any atom is -0.480 e. The van der Waals surface area contributed by atoms with E-state index < -0.39 is 24.0 Å². The van der Waals surface area contributed by atoms with Gasteiger partial charge in [0.1, 0.15) is 6.04 Å². The molecule has 0 aliphatic carbocycles.